The number of aromatic nitrogens is 2. The molecule has 0 bridgehead atoms. The van der Waals surface area contributed by atoms with E-state index in [1.54, 1.807) is 36.4 Å². The van der Waals surface area contributed by atoms with Gasteiger partial charge in [0.05, 0.1) is 16.3 Å². The Labute approximate surface area is 176 Å². The molecule has 0 unspecified atom stereocenters. The fourth-order valence-corrected chi connectivity index (χ4v) is 4.51. The molecule has 7 nitrogen and oxygen atoms in total. The summed E-state index contributed by atoms with van der Waals surface area (Å²) in [4.78, 5) is 12.7. The van der Waals surface area contributed by atoms with Crippen LogP contribution in [0.4, 0.5) is 0 Å². The van der Waals surface area contributed by atoms with Gasteiger partial charge in [-0.25, -0.2) is 17.8 Å². The number of carbonyl (C=O) groups excluding carboxylic acids is 1. The van der Waals surface area contributed by atoms with E-state index in [-0.39, 0.29) is 16.8 Å². The van der Waals surface area contributed by atoms with E-state index in [1.165, 1.54) is 0 Å². The summed E-state index contributed by atoms with van der Waals surface area (Å²) in [7, 11) is -3.46. The van der Waals surface area contributed by atoms with Crippen molar-refractivity contribution in [3.63, 3.8) is 0 Å². The summed E-state index contributed by atoms with van der Waals surface area (Å²) >= 11 is 0. The van der Waals surface area contributed by atoms with E-state index in [1.807, 2.05) is 36.7 Å². The molecule has 1 heterocycles. The molecule has 1 aliphatic rings. The number of rotatable bonds is 7. The first-order valence-electron chi connectivity index (χ1n) is 9.85. The van der Waals surface area contributed by atoms with Crippen molar-refractivity contribution in [2.75, 3.05) is 0 Å². The average Bonchev–Trinajstić information content (AvgIpc) is 3.47. The Morgan fingerprint density at radius 1 is 1.07 bits per heavy atom. The normalized spacial score (nSPS) is 13.9. The number of nitrogens with zero attached hydrogens (tertiary/aromatic N) is 2. The van der Waals surface area contributed by atoms with E-state index in [2.05, 4.69) is 15.1 Å². The van der Waals surface area contributed by atoms with Crippen molar-refractivity contribution < 1.29 is 13.2 Å². The highest BCUT2D eigenvalue weighted by Gasteiger charge is 2.27. The predicted octanol–water partition coefficient (Wildman–Crippen LogP) is 2.86. The van der Waals surface area contributed by atoms with Crippen LogP contribution < -0.4 is 10.0 Å². The molecule has 2 aromatic carbocycles. The monoisotopic (exact) mass is 424 g/mol. The van der Waals surface area contributed by atoms with Crippen LogP contribution in [0, 0.1) is 13.8 Å². The molecular weight excluding hydrogens is 400 g/mol. The molecule has 0 radical (unpaired) electrons. The maximum absolute atomic E-state index is 12.5. The largest absolute Gasteiger partial charge is 0.348 e. The first kappa shape index (κ1) is 20.3. The van der Waals surface area contributed by atoms with Crippen molar-refractivity contribution >= 4 is 15.9 Å². The van der Waals surface area contributed by atoms with Gasteiger partial charge in [0.1, 0.15) is 0 Å². The minimum atomic E-state index is -3.46. The van der Waals surface area contributed by atoms with E-state index in [0.29, 0.717) is 12.1 Å². The summed E-state index contributed by atoms with van der Waals surface area (Å²) in [6.07, 6.45) is 1.79. The number of hydrogen-bond acceptors (Lipinski definition) is 4. The van der Waals surface area contributed by atoms with Crippen molar-refractivity contribution in [3.05, 3.63) is 77.1 Å². The SMILES string of the molecule is Cc1cc(C)n(-c2ccc(C(=O)NCc3ccc(S(=O)(=O)NC4CC4)cc3)cc2)n1. The van der Waals surface area contributed by atoms with E-state index >= 15 is 0 Å². The van der Waals surface area contributed by atoms with Gasteiger partial charge >= 0.3 is 0 Å². The molecule has 1 aliphatic carbocycles. The second-order valence-electron chi connectivity index (χ2n) is 7.61. The van der Waals surface area contributed by atoms with Crippen LogP contribution >= 0.6 is 0 Å². The zero-order chi connectivity index (χ0) is 21.3. The summed E-state index contributed by atoms with van der Waals surface area (Å²) in [5.74, 6) is -0.193. The zero-order valence-corrected chi connectivity index (χ0v) is 17.7. The molecule has 0 aliphatic heterocycles. The minimum Gasteiger partial charge on any atom is -0.348 e. The first-order chi connectivity index (χ1) is 14.3. The number of amides is 1. The number of nitrogens with one attached hydrogen (secondary N) is 2. The highest BCUT2D eigenvalue weighted by atomic mass is 32.2. The van der Waals surface area contributed by atoms with Crippen molar-refractivity contribution in [3.8, 4) is 5.69 Å². The van der Waals surface area contributed by atoms with E-state index in [9.17, 15) is 13.2 Å². The van der Waals surface area contributed by atoms with Gasteiger partial charge in [0.15, 0.2) is 0 Å². The van der Waals surface area contributed by atoms with Gasteiger partial charge < -0.3 is 5.32 Å². The number of sulfonamides is 1. The van der Waals surface area contributed by atoms with Crippen LogP contribution in [0.2, 0.25) is 0 Å². The van der Waals surface area contributed by atoms with Gasteiger partial charge in [-0.15, -0.1) is 0 Å². The van der Waals surface area contributed by atoms with Gasteiger partial charge in [-0.1, -0.05) is 12.1 Å². The Bertz CT molecular complexity index is 1160. The number of aryl methyl sites for hydroxylation is 2. The van der Waals surface area contributed by atoms with Crippen molar-refractivity contribution in [1.82, 2.24) is 19.8 Å². The van der Waals surface area contributed by atoms with E-state index in [0.717, 1.165) is 35.5 Å². The highest BCUT2D eigenvalue weighted by Crippen LogP contribution is 2.22. The maximum atomic E-state index is 12.5. The molecule has 3 aromatic rings. The molecule has 4 rings (SSSR count). The lowest BCUT2D eigenvalue weighted by Crippen LogP contribution is -2.26. The Kier molecular flexibility index (Phi) is 5.44. The standard InChI is InChI=1S/C22H24N4O3S/c1-15-13-16(2)26(24-15)20-9-5-18(6-10-20)22(27)23-14-17-3-11-21(12-4-17)30(28,29)25-19-7-8-19/h3-6,9-13,19,25H,7-8,14H2,1-2H3,(H,23,27). The lowest BCUT2D eigenvalue weighted by Gasteiger charge is -2.09. The van der Waals surface area contributed by atoms with Crippen molar-refractivity contribution in [2.24, 2.45) is 0 Å². The molecule has 0 spiro atoms. The second-order valence-corrected chi connectivity index (χ2v) is 9.32. The topological polar surface area (TPSA) is 93.1 Å². The number of carbonyl (C=O) groups is 1. The van der Waals surface area contributed by atoms with E-state index in [4.69, 9.17) is 0 Å². The fourth-order valence-electron chi connectivity index (χ4n) is 3.20. The van der Waals surface area contributed by atoms with Crippen molar-refractivity contribution in [2.45, 2.75) is 44.2 Å². The lowest BCUT2D eigenvalue weighted by molar-refractivity contribution is 0.0951. The van der Waals surface area contributed by atoms with Gasteiger partial charge in [-0.2, -0.15) is 5.10 Å². The van der Waals surface area contributed by atoms with Gasteiger partial charge in [0.25, 0.3) is 5.91 Å². The van der Waals surface area contributed by atoms with Crippen LogP contribution in [-0.4, -0.2) is 30.1 Å². The molecule has 30 heavy (non-hydrogen) atoms. The molecule has 2 N–H and O–H groups in total. The second kappa shape index (κ2) is 8.04. The molecule has 0 saturated heterocycles. The molecular formula is C22H24N4O3S. The number of benzene rings is 2. The molecule has 0 atom stereocenters. The Hall–Kier alpha value is -2.97. The summed E-state index contributed by atoms with van der Waals surface area (Å²) in [6.45, 7) is 4.24. The summed E-state index contributed by atoms with van der Waals surface area (Å²) < 4.78 is 28.9. The molecule has 1 amide bonds. The van der Waals surface area contributed by atoms with Crippen LogP contribution in [0.1, 0.15) is 40.2 Å². The number of hydrogen-bond donors (Lipinski definition) is 2. The van der Waals surface area contributed by atoms with Crippen molar-refractivity contribution in [1.29, 1.82) is 0 Å². The third-order valence-electron chi connectivity index (χ3n) is 4.97. The molecule has 8 heteroatoms. The van der Waals surface area contributed by atoms with E-state index < -0.39 is 10.0 Å². The van der Waals surface area contributed by atoms with Gasteiger partial charge in [0, 0.05) is 23.8 Å². The van der Waals surface area contributed by atoms with Crippen LogP contribution in [0.5, 0.6) is 0 Å². The molecule has 1 aromatic heterocycles. The lowest BCUT2D eigenvalue weighted by atomic mass is 10.1. The third kappa shape index (κ3) is 4.60. The van der Waals surface area contributed by atoms with Gasteiger partial charge in [-0.3, -0.25) is 4.79 Å². The fraction of sp³-hybridized carbons (Fsp3) is 0.273. The predicted molar refractivity (Wildman–Crippen MR) is 114 cm³/mol. The third-order valence-corrected chi connectivity index (χ3v) is 6.51. The highest BCUT2D eigenvalue weighted by molar-refractivity contribution is 7.89. The Balaban J connectivity index is 1.36. The van der Waals surface area contributed by atoms with Crippen LogP contribution in [0.25, 0.3) is 5.69 Å². The maximum Gasteiger partial charge on any atom is 0.251 e. The summed E-state index contributed by atoms with van der Waals surface area (Å²) in [5.41, 5.74) is 4.24. The average molecular weight is 425 g/mol. The first-order valence-corrected chi connectivity index (χ1v) is 11.3. The van der Waals surface area contributed by atoms with Gasteiger partial charge in [-0.05, 0) is 74.7 Å². The Morgan fingerprint density at radius 2 is 1.73 bits per heavy atom. The summed E-state index contributed by atoms with van der Waals surface area (Å²) in [6, 6.07) is 15.9. The quantitative estimate of drug-likeness (QED) is 0.610. The van der Waals surface area contributed by atoms with Crippen LogP contribution in [0.15, 0.2) is 59.5 Å². The smallest absolute Gasteiger partial charge is 0.251 e. The van der Waals surface area contributed by atoms with Crippen LogP contribution in [-0.2, 0) is 16.6 Å². The zero-order valence-electron chi connectivity index (χ0n) is 16.9. The van der Waals surface area contributed by atoms with Gasteiger partial charge in [0.2, 0.25) is 10.0 Å². The minimum absolute atomic E-state index is 0.0709. The summed E-state index contributed by atoms with van der Waals surface area (Å²) in [5, 5.41) is 7.31. The molecule has 156 valence electrons. The van der Waals surface area contributed by atoms with Crippen LogP contribution in [0.3, 0.4) is 0 Å². The Morgan fingerprint density at radius 3 is 2.30 bits per heavy atom. The molecule has 1 fully saturated rings. The molecule has 1 saturated carbocycles.